The second-order valence-electron chi connectivity index (χ2n) is 5.35. The second-order valence-corrected chi connectivity index (χ2v) is 6.77. The fourth-order valence-corrected chi connectivity index (χ4v) is 3.64. The summed E-state index contributed by atoms with van der Waals surface area (Å²) in [7, 11) is 1.65. The highest BCUT2D eigenvalue weighted by molar-refractivity contribution is 7.99. The van der Waals surface area contributed by atoms with E-state index in [1.807, 2.05) is 18.2 Å². The van der Waals surface area contributed by atoms with Gasteiger partial charge in [0.15, 0.2) is 0 Å². The van der Waals surface area contributed by atoms with E-state index >= 15 is 0 Å². The van der Waals surface area contributed by atoms with Crippen molar-refractivity contribution in [2.75, 3.05) is 12.9 Å². The summed E-state index contributed by atoms with van der Waals surface area (Å²) in [6, 6.07) is 5.95. The van der Waals surface area contributed by atoms with Crippen molar-refractivity contribution in [2.45, 2.75) is 43.9 Å². The number of halogens is 1. The minimum Gasteiger partial charge on any atom is -0.496 e. The van der Waals surface area contributed by atoms with Crippen LogP contribution in [0.1, 0.15) is 37.7 Å². The maximum absolute atomic E-state index is 11.9. The van der Waals surface area contributed by atoms with Crippen LogP contribution in [0, 0.1) is 0 Å². The maximum Gasteiger partial charge on any atom is 0.230 e. The molecule has 0 radical (unpaired) electrons. The third kappa shape index (κ3) is 5.44. The summed E-state index contributed by atoms with van der Waals surface area (Å²) in [5, 5.41) is 3.82. The van der Waals surface area contributed by atoms with Crippen molar-refractivity contribution in [1.82, 2.24) is 5.32 Å². The van der Waals surface area contributed by atoms with Crippen molar-refractivity contribution < 1.29 is 9.53 Å². The smallest absolute Gasteiger partial charge is 0.230 e. The Hall–Kier alpha value is -0.870. The summed E-state index contributed by atoms with van der Waals surface area (Å²) in [5.74, 6) is 2.15. The van der Waals surface area contributed by atoms with E-state index in [0.29, 0.717) is 16.8 Å². The number of thioether (sulfide) groups is 1. The average molecular weight is 328 g/mol. The standard InChI is InChI=1S/C16H22ClNO2S/c1-20-15-8-7-13(17)9-12(15)10-21-11-16(19)18-14-5-3-2-4-6-14/h7-9,14H,2-6,10-11H2,1H3,(H,18,19). The molecule has 0 heterocycles. The molecule has 0 spiro atoms. The Morgan fingerprint density at radius 1 is 1.38 bits per heavy atom. The lowest BCUT2D eigenvalue weighted by Crippen LogP contribution is -2.37. The minimum absolute atomic E-state index is 0.132. The van der Waals surface area contributed by atoms with Gasteiger partial charge >= 0.3 is 0 Å². The van der Waals surface area contributed by atoms with Gasteiger partial charge in [-0.05, 0) is 31.0 Å². The van der Waals surface area contributed by atoms with E-state index in [1.54, 1.807) is 18.9 Å². The van der Waals surface area contributed by atoms with Crippen molar-refractivity contribution in [3.8, 4) is 5.75 Å². The van der Waals surface area contributed by atoms with Gasteiger partial charge in [-0.1, -0.05) is 30.9 Å². The van der Waals surface area contributed by atoms with E-state index in [4.69, 9.17) is 16.3 Å². The molecule has 21 heavy (non-hydrogen) atoms. The molecule has 3 nitrogen and oxygen atoms in total. The highest BCUT2D eigenvalue weighted by atomic mass is 35.5. The van der Waals surface area contributed by atoms with Gasteiger partial charge in [0.1, 0.15) is 5.75 Å². The first kappa shape index (κ1) is 16.5. The Kier molecular flexibility index (Phi) is 6.71. The molecule has 1 aromatic carbocycles. The first-order valence-electron chi connectivity index (χ1n) is 7.38. The number of amides is 1. The van der Waals surface area contributed by atoms with Crippen LogP contribution in [0.2, 0.25) is 5.02 Å². The van der Waals surface area contributed by atoms with E-state index in [0.717, 1.165) is 29.9 Å². The van der Waals surface area contributed by atoms with Gasteiger partial charge in [0, 0.05) is 22.4 Å². The number of ether oxygens (including phenoxy) is 1. The van der Waals surface area contributed by atoms with Gasteiger partial charge in [-0.25, -0.2) is 0 Å². The number of carbonyl (C=O) groups excluding carboxylic acids is 1. The van der Waals surface area contributed by atoms with Gasteiger partial charge in [0.05, 0.1) is 12.9 Å². The molecule has 1 aliphatic carbocycles. The van der Waals surface area contributed by atoms with Crippen molar-refractivity contribution in [2.24, 2.45) is 0 Å². The molecule has 5 heteroatoms. The zero-order chi connectivity index (χ0) is 15.1. The Morgan fingerprint density at radius 2 is 2.14 bits per heavy atom. The predicted octanol–water partition coefficient (Wildman–Crippen LogP) is 4.03. The molecule has 1 aliphatic rings. The Bertz CT molecular complexity index is 475. The number of nitrogens with one attached hydrogen (secondary N) is 1. The molecular formula is C16H22ClNO2S. The summed E-state index contributed by atoms with van der Waals surface area (Å²) < 4.78 is 5.31. The van der Waals surface area contributed by atoms with Gasteiger partial charge in [0.2, 0.25) is 5.91 Å². The van der Waals surface area contributed by atoms with Crippen LogP contribution in [-0.4, -0.2) is 24.8 Å². The van der Waals surface area contributed by atoms with E-state index in [1.165, 1.54) is 19.3 Å². The van der Waals surface area contributed by atoms with Gasteiger partial charge in [-0.15, -0.1) is 11.8 Å². The summed E-state index contributed by atoms with van der Waals surface area (Å²) >= 11 is 7.59. The zero-order valence-corrected chi connectivity index (χ0v) is 13.9. The number of hydrogen-bond donors (Lipinski definition) is 1. The van der Waals surface area contributed by atoms with Crippen molar-refractivity contribution in [1.29, 1.82) is 0 Å². The number of hydrogen-bond acceptors (Lipinski definition) is 3. The molecule has 1 fully saturated rings. The molecule has 1 amide bonds. The molecule has 1 saturated carbocycles. The lowest BCUT2D eigenvalue weighted by molar-refractivity contribution is -0.119. The number of methoxy groups -OCH3 is 1. The molecule has 0 saturated heterocycles. The van der Waals surface area contributed by atoms with E-state index < -0.39 is 0 Å². The van der Waals surface area contributed by atoms with E-state index in [-0.39, 0.29) is 5.91 Å². The minimum atomic E-state index is 0.132. The van der Waals surface area contributed by atoms with Crippen molar-refractivity contribution in [3.63, 3.8) is 0 Å². The van der Waals surface area contributed by atoms with Crippen LogP contribution in [0.3, 0.4) is 0 Å². The van der Waals surface area contributed by atoms with E-state index in [9.17, 15) is 4.79 Å². The number of rotatable bonds is 6. The SMILES string of the molecule is COc1ccc(Cl)cc1CSCC(=O)NC1CCCCC1. The zero-order valence-electron chi connectivity index (χ0n) is 12.4. The monoisotopic (exact) mass is 327 g/mol. The Balaban J connectivity index is 1.75. The lowest BCUT2D eigenvalue weighted by atomic mass is 9.95. The second kappa shape index (κ2) is 8.54. The third-order valence-electron chi connectivity index (χ3n) is 3.70. The molecule has 0 unspecified atom stereocenters. The molecule has 116 valence electrons. The van der Waals surface area contributed by atoms with E-state index in [2.05, 4.69) is 5.32 Å². The third-order valence-corrected chi connectivity index (χ3v) is 4.92. The van der Waals surface area contributed by atoms with Crippen LogP contribution in [0.5, 0.6) is 5.75 Å². The first-order chi connectivity index (χ1) is 10.2. The van der Waals surface area contributed by atoms with Crippen LogP contribution < -0.4 is 10.1 Å². The maximum atomic E-state index is 11.9. The van der Waals surface area contributed by atoms with Crippen LogP contribution in [0.15, 0.2) is 18.2 Å². The number of carbonyl (C=O) groups is 1. The number of benzene rings is 1. The Labute approximate surface area is 135 Å². The molecule has 0 bridgehead atoms. The summed E-state index contributed by atoms with van der Waals surface area (Å²) in [6.45, 7) is 0. The van der Waals surface area contributed by atoms with Crippen LogP contribution >= 0.6 is 23.4 Å². The van der Waals surface area contributed by atoms with Gasteiger partial charge in [0.25, 0.3) is 0 Å². The Morgan fingerprint density at radius 3 is 2.86 bits per heavy atom. The predicted molar refractivity (Wildman–Crippen MR) is 89.2 cm³/mol. The fraction of sp³-hybridized carbons (Fsp3) is 0.562. The molecule has 0 aromatic heterocycles. The highest BCUT2D eigenvalue weighted by Gasteiger charge is 2.15. The molecule has 0 aliphatic heterocycles. The molecule has 0 atom stereocenters. The van der Waals surface area contributed by atoms with Gasteiger partial charge < -0.3 is 10.1 Å². The average Bonchev–Trinajstić information content (AvgIpc) is 2.48. The first-order valence-corrected chi connectivity index (χ1v) is 8.92. The topological polar surface area (TPSA) is 38.3 Å². The van der Waals surface area contributed by atoms with Crippen LogP contribution in [0.4, 0.5) is 0 Å². The van der Waals surface area contributed by atoms with Crippen molar-refractivity contribution >= 4 is 29.3 Å². The largest absolute Gasteiger partial charge is 0.496 e. The summed E-state index contributed by atoms with van der Waals surface area (Å²) in [5.41, 5.74) is 1.03. The van der Waals surface area contributed by atoms with Gasteiger partial charge in [-0.2, -0.15) is 0 Å². The van der Waals surface area contributed by atoms with Crippen LogP contribution in [0.25, 0.3) is 0 Å². The fourth-order valence-electron chi connectivity index (χ4n) is 2.63. The van der Waals surface area contributed by atoms with Crippen molar-refractivity contribution in [3.05, 3.63) is 28.8 Å². The molecule has 1 aromatic rings. The highest BCUT2D eigenvalue weighted by Crippen LogP contribution is 2.26. The normalized spacial score (nSPS) is 15.7. The molecular weight excluding hydrogens is 306 g/mol. The quantitative estimate of drug-likeness (QED) is 0.857. The van der Waals surface area contributed by atoms with Gasteiger partial charge in [-0.3, -0.25) is 4.79 Å². The molecule has 2 rings (SSSR count). The molecule has 1 N–H and O–H groups in total. The summed E-state index contributed by atoms with van der Waals surface area (Å²) in [6.07, 6.45) is 6.02. The lowest BCUT2D eigenvalue weighted by Gasteiger charge is -2.22. The summed E-state index contributed by atoms with van der Waals surface area (Å²) in [4.78, 5) is 11.9. The van der Waals surface area contributed by atoms with Crippen LogP contribution in [-0.2, 0) is 10.5 Å².